The zero-order chi connectivity index (χ0) is 12.6. The van der Waals surface area contributed by atoms with Gasteiger partial charge in [0.15, 0.2) is 6.29 Å². The van der Waals surface area contributed by atoms with Crippen LogP contribution in [0.15, 0.2) is 12.2 Å². The van der Waals surface area contributed by atoms with Crippen LogP contribution in [0.5, 0.6) is 0 Å². The summed E-state index contributed by atoms with van der Waals surface area (Å²) in [4.78, 5) is 11.3. The second kappa shape index (κ2) is 8.30. The van der Waals surface area contributed by atoms with E-state index in [-0.39, 0.29) is 6.29 Å². The topological polar surface area (TPSA) is 44.8 Å². The Kier molecular flexibility index (Phi) is 7.85. The summed E-state index contributed by atoms with van der Waals surface area (Å²) in [6.07, 6.45) is 0.582. The smallest absolute Gasteiger partial charge is 0.335 e. The lowest BCUT2D eigenvalue weighted by Crippen LogP contribution is -2.27. The number of carbonyl (C=O) groups is 1. The number of ether oxygens (including phenoxy) is 3. The minimum absolute atomic E-state index is 0.369. The van der Waals surface area contributed by atoms with Crippen LogP contribution in [-0.2, 0) is 19.0 Å². The van der Waals surface area contributed by atoms with Gasteiger partial charge < -0.3 is 14.2 Å². The van der Waals surface area contributed by atoms with E-state index in [1.807, 2.05) is 13.8 Å². The van der Waals surface area contributed by atoms with Crippen molar-refractivity contribution >= 4 is 5.97 Å². The fraction of sp³-hybridized carbons (Fsp3) is 0.750. The lowest BCUT2D eigenvalue weighted by molar-refractivity contribution is -0.233. The molecule has 0 spiro atoms. The van der Waals surface area contributed by atoms with E-state index in [1.165, 1.54) is 0 Å². The molecule has 0 bridgehead atoms. The predicted octanol–water partition coefficient (Wildman–Crippen LogP) is 2.63. The zero-order valence-electron chi connectivity index (χ0n) is 10.6. The highest BCUT2D eigenvalue weighted by molar-refractivity contribution is 5.86. The van der Waals surface area contributed by atoms with Crippen LogP contribution in [0.25, 0.3) is 0 Å². The average Bonchev–Trinajstić information content (AvgIpc) is 2.17. The van der Waals surface area contributed by atoms with E-state index in [2.05, 4.69) is 6.58 Å². The van der Waals surface area contributed by atoms with Gasteiger partial charge in [-0.3, -0.25) is 0 Å². The van der Waals surface area contributed by atoms with Crippen molar-refractivity contribution in [2.45, 2.75) is 53.1 Å². The number of esters is 1. The molecule has 2 atom stereocenters. The van der Waals surface area contributed by atoms with Crippen molar-refractivity contribution < 1.29 is 19.0 Å². The number of carbonyl (C=O) groups excluding carboxylic acids is 1. The summed E-state index contributed by atoms with van der Waals surface area (Å²) < 4.78 is 15.8. The molecule has 0 saturated heterocycles. The van der Waals surface area contributed by atoms with Gasteiger partial charge in [0, 0.05) is 18.6 Å². The van der Waals surface area contributed by atoms with E-state index in [1.54, 1.807) is 13.8 Å². The first-order valence-electron chi connectivity index (χ1n) is 5.64. The third-order valence-corrected chi connectivity index (χ3v) is 1.86. The first-order chi connectivity index (χ1) is 7.51. The molecule has 0 aromatic carbocycles. The summed E-state index contributed by atoms with van der Waals surface area (Å²) in [5.74, 6) is -0.429. The highest BCUT2D eigenvalue weighted by atomic mass is 16.8. The van der Waals surface area contributed by atoms with Crippen molar-refractivity contribution in [3.63, 3.8) is 0 Å². The highest BCUT2D eigenvalue weighted by Gasteiger charge is 2.17. The van der Waals surface area contributed by atoms with Crippen molar-refractivity contribution in [1.29, 1.82) is 0 Å². The van der Waals surface area contributed by atoms with Crippen LogP contribution >= 0.6 is 0 Å². The molecule has 4 heteroatoms. The first kappa shape index (κ1) is 15.1. The Labute approximate surface area is 97.6 Å². The van der Waals surface area contributed by atoms with Gasteiger partial charge in [-0.25, -0.2) is 4.79 Å². The standard InChI is InChI=1S/C12H22O4/c1-6-8-11(15-10(5)14-7-2)16-12(13)9(3)4/h10-11H,3,6-8H2,1-2,4-5H3. The van der Waals surface area contributed by atoms with Gasteiger partial charge in [-0.1, -0.05) is 19.9 Å². The molecule has 94 valence electrons. The van der Waals surface area contributed by atoms with Crippen LogP contribution in [0.4, 0.5) is 0 Å². The third-order valence-electron chi connectivity index (χ3n) is 1.86. The van der Waals surface area contributed by atoms with Crippen molar-refractivity contribution in [2.75, 3.05) is 6.61 Å². The molecule has 0 heterocycles. The van der Waals surface area contributed by atoms with Crippen LogP contribution in [-0.4, -0.2) is 25.2 Å². The summed E-state index contributed by atoms with van der Waals surface area (Å²) >= 11 is 0. The molecule has 0 aliphatic heterocycles. The van der Waals surface area contributed by atoms with Gasteiger partial charge in [0.1, 0.15) is 0 Å². The summed E-state index contributed by atoms with van der Waals surface area (Å²) in [6, 6.07) is 0. The Morgan fingerprint density at radius 1 is 1.38 bits per heavy atom. The van der Waals surface area contributed by atoms with Crippen LogP contribution in [0.2, 0.25) is 0 Å². The minimum Gasteiger partial charge on any atom is -0.432 e. The van der Waals surface area contributed by atoms with Crippen molar-refractivity contribution in [3.05, 3.63) is 12.2 Å². The van der Waals surface area contributed by atoms with E-state index >= 15 is 0 Å². The van der Waals surface area contributed by atoms with E-state index in [0.29, 0.717) is 18.6 Å². The van der Waals surface area contributed by atoms with Crippen LogP contribution in [0.1, 0.15) is 40.5 Å². The number of hydrogen-bond donors (Lipinski definition) is 0. The van der Waals surface area contributed by atoms with Crippen molar-refractivity contribution in [3.8, 4) is 0 Å². The largest absolute Gasteiger partial charge is 0.432 e. The van der Waals surface area contributed by atoms with Crippen LogP contribution < -0.4 is 0 Å². The van der Waals surface area contributed by atoms with Gasteiger partial charge in [-0.05, 0) is 20.8 Å². The molecule has 4 nitrogen and oxygen atoms in total. The molecule has 0 radical (unpaired) electrons. The Morgan fingerprint density at radius 2 is 2.00 bits per heavy atom. The van der Waals surface area contributed by atoms with Gasteiger partial charge in [-0.2, -0.15) is 0 Å². The molecule has 0 aliphatic carbocycles. The fourth-order valence-electron chi connectivity index (χ4n) is 1.10. The molecule has 0 saturated carbocycles. The Bertz CT molecular complexity index is 225. The second-order valence-electron chi connectivity index (χ2n) is 3.56. The van der Waals surface area contributed by atoms with Crippen LogP contribution in [0.3, 0.4) is 0 Å². The lowest BCUT2D eigenvalue weighted by Gasteiger charge is -2.21. The quantitative estimate of drug-likeness (QED) is 0.365. The van der Waals surface area contributed by atoms with Gasteiger partial charge in [0.05, 0.1) is 0 Å². The molecule has 0 aromatic rings. The van der Waals surface area contributed by atoms with E-state index in [4.69, 9.17) is 14.2 Å². The number of hydrogen-bond acceptors (Lipinski definition) is 4. The minimum atomic E-state index is -0.559. The molecule has 2 unspecified atom stereocenters. The molecule has 0 rings (SSSR count). The highest BCUT2D eigenvalue weighted by Crippen LogP contribution is 2.10. The summed E-state index contributed by atoms with van der Waals surface area (Å²) in [7, 11) is 0. The summed E-state index contributed by atoms with van der Waals surface area (Å²) in [6.45, 7) is 11.4. The molecule has 0 amide bonds. The molecule has 0 fully saturated rings. The first-order valence-corrected chi connectivity index (χ1v) is 5.64. The van der Waals surface area contributed by atoms with E-state index < -0.39 is 12.3 Å². The maximum Gasteiger partial charge on any atom is 0.335 e. The normalized spacial score (nSPS) is 14.2. The Hall–Kier alpha value is -0.870. The fourth-order valence-corrected chi connectivity index (χ4v) is 1.10. The van der Waals surface area contributed by atoms with E-state index in [0.717, 1.165) is 6.42 Å². The molecule has 16 heavy (non-hydrogen) atoms. The van der Waals surface area contributed by atoms with E-state index in [9.17, 15) is 4.79 Å². The molecular formula is C12H22O4. The Morgan fingerprint density at radius 3 is 2.44 bits per heavy atom. The van der Waals surface area contributed by atoms with Crippen LogP contribution in [0, 0.1) is 0 Å². The predicted molar refractivity (Wildman–Crippen MR) is 61.8 cm³/mol. The number of rotatable bonds is 8. The molecule has 0 N–H and O–H groups in total. The zero-order valence-corrected chi connectivity index (χ0v) is 10.6. The maximum absolute atomic E-state index is 11.3. The Balaban J connectivity index is 4.15. The summed E-state index contributed by atoms with van der Waals surface area (Å²) in [5.41, 5.74) is 0.369. The summed E-state index contributed by atoms with van der Waals surface area (Å²) in [5, 5.41) is 0. The van der Waals surface area contributed by atoms with Crippen molar-refractivity contribution in [1.82, 2.24) is 0 Å². The SMILES string of the molecule is C=C(C)C(=O)OC(CCC)OC(C)OCC. The van der Waals surface area contributed by atoms with Gasteiger partial charge >= 0.3 is 5.97 Å². The third kappa shape index (κ3) is 6.58. The molecule has 0 aromatic heterocycles. The lowest BCUT2D eigenvalue weighted by atomic mass is 10.3. The maximum atomic E-state index is 11.3. The van der Waals surface area contributed by atoms with Gasteiger partial charge in [0.25, 0.3) is 0 Å². The van der Waals surface area contributed by atoms with Gasteiger partial charge in [0.2, 0.25) is 6.29 Å². The average molecular weight is 230 g/mol. The van der Waals surface area contributed by atoms with Gasteiger partial charge in [-0.15, -0.1) is 0 Å². The second-order valence-corrected chi connectivity index (χ2v) is 3.56. The van der Waals surface area contributed by atoms with Crippen molar-refractivity contribution in [2.24, 2.45) is 0 Å². The molecular weight excluding hydrogens is 208 g/mol. The molecule has 0 aliphatic rings. The monoisotopic (exact) mass is 230 g/mol.